The molecule has 152 valence electrons. The van der Waals surface area contributed by atoms with Crippen LogP contribution in [0, 0.1) is 5.82 Å². The van der Waals surface area contributed by atoms with Gasteiger partial charge in [0.05, 0.1) is 16.8 Å². The Hall–Kier alpha value is -2.78. The number of aryl methyl sites for hydroxylation is 1. The number of nitrogens with zero attached hydrogens (tertiary/aromatic N) is 2. The van der Waals surface area contributed by atoms with E-state index >= 15 is 0 Å². The van der Waals surface area contributed by atoms with Crippen molar-refractivity contribution in [3.05, 3.63) is 59.8 Å². The number of rotatable bonds is 6. The molecular formula is C20H20FN3O4S. The number of carboxylic acids is 1. The van der Waals surface area contributed by atoms with Gasteiger partial charge in [0.25, 0.3) is 0 Å². The van der Waals surface area contributed by atoms with Crippen molar-refractivity contribution in [2.45, 2.75) is 43.2 Å². The molecule has 0 spiro atoms. The number of carbonyl (C=O) groups is 1. The van der Waals surface area contributed by atoms with Crippen molar-refractivity contribution in [3.8, 4) is 0 Å². The summed E-state index contributed by atoms with van der Waals surface area (Å²) in [5, 5.41) is 9.97. The molecule has 2 heterocycles. The predicted octanol–water partition coefficient (Wildman–Crippen LogP) is 2.49. The lowest BCUT2D eigenvalue weighted by molar-refractivity contribution is -0.137. The average Bonchev–Trinajstić information content (AvgIpc) is 2.99. The third-order valence-electron chi connectivity index (χ3n) is 5.26. The van der Waals surface area contributed by atoms with E-state index < -0.39 is 21.8 Å². The minimum Gasteiger partial charge on any atom is -0.481 e. The van der Waals surface area contributed by atoms with Crippen LogP contribution >= 0.6 is 0 Å². The number of carboxylic acid groups (broad SMARTS) is 1. The summed E-state index contributed by atoms with van der Waals surface area (Å²) < 4.78 is 43.1. The van der Waals surface area contributed by atoms with E-state index in [9.17, 15) is 17.6 Å². The first kappa shape index (κ1) is 19.5. The first-order valence-electron chi connectivity index (χ1n) is 9.29. The molecule has 2 N–H and O–H groups in total. The zero-order chi connectivity index (χ0) is 20.6. The second kappa shape index (κ2) is 7.57. The highest BCUT2D eigenvalue weighted by molar-refractivity contribution is 7.89. The molecule has 0 amide bonds. The quantitative estimate of drug-likeness (QED) is 0.642. The Bertz CT molecular complexity index is 1170. The summed E-state index contributed by atoms with van der Waals surface area (Å²) >= 11 is 0. The van der Waals surface area contributed by atoms with Crippen molar-refractivity contribution in [1.29, 1.82) is 0 Å². The molecule has 7 nitrogen and oxygen atoms in total. The molecule has 29 heavy (non-hydrogen) atoms. The Labute approximate surface area is 167 Å². The van der Waals surface area contributed by atoms with Gasteiger partial charge >= 0.3 is 5.97 Å². The van der Waals surface area contributed by atoms with Crippen LogP contribution in [0.2, 0.25) is 0 Å². The average molecular weight is 417 g/mol. The largest absolute Gasteiger partial charge is 0.481 e. The fourth-order valence-corrected chi connectivity index (χ4v) is 5.23. The number of halogens is 1. The number of aliphatic carboxylic acids is 1. The van der Waals surface area contributed by atoms with Gasteiger partial charge in [-0.1, -0.05) is 0 Å². The van der Waals surface area contributed by atoms with Crippen LogP contribution in [0.4, 0.5) is 4.39 Å². The van der Waals surface area contributed by atoms with Gasteiger partial charge in [-0.2, -0.15) is 0 Å². The third-order valence-corrected chi connectivity index (χ3v) is 6.80. The first-order valence-corrected chi connectivity index (χ1v) is 10.8. The number of benzene rings is 1. The molecule has 2 aromatic heterocycles. The van der Waals surface area contributed by atoms with Gasteiger partial charge in [0.1, 0.15) is 5.82 Å². The van der Waals surface area contributed by atoms with Gasteiger partial charge in [-0.25, -0.2) is 17.5 Å². The highest BCUT2D eigenvalue weighted by Gasteiger charge is 2.28. The Morgan fingerprint density at radius 3 is 2.76 bits per heavy atom. The molecule has 4 rings (SSSR count). The number of pyridine rings is 1. The standard InChI is InChI=1S/C20H20FN3O4S/c21-13-1-4-15(5-2-13)29(27,28)23-14-3-6-18-16(11-14)17-12-22-9-7-19(17)24(18)10-8-20(25)26/h1-2,4-5,7,9,12,14,23H,3,6,8,10-11H2,(H,25,26). The molecule has 3 aromatic rings. The topological polar surface area (TPSA) is 101 Å². The molecule has 1 aliphatic rings. The first-order chi connectivity index (χ1) is 13.8. The van der Waals surface area contributed by atoms with Crippen molar-refractivity contribution in [1.82, 2.24) is 14.3 Å². The molecule has 1 unspecified atom stereocenters. The zero-order valence-corrected chi connectivity index (χ0v) is 16.3. The summed E-state index contributed by atoms with van der Waals surface area (Å²) in [5.41, 5.74) is 2.94. The van der Waals surface area contributed by atoms with Gasteiger partial charge in [-0.05, 0) is 55.2 Å². The Kier molecular flexibility index (Phi) is 5.10. The molecule has 0 fully saturated rings. The van der Waals surface area contributed by atoms with Crippen molar-refractivity contribution in [2.75, 3.05) is 0 Å². The highest BCUT2D eigenvalue weighted by Crippen LogP contribution is 2.32. The normalized spacial score (nSPS) is 16.7. The van der Waals surface area contributed by atoms with Crippen molar-refractivity contribution < 1.29 is 22.7 Å². The fraction of sp³-hybridized carbons (Fsp3) is 0.300. The SMILES string of the molecule is O=C(O)CCn1c2c(c3cnccc31)CC(NS(=O)(=O)c1ccc(F)cc1)CC2. The summed E-state index contributed by atoms with van der Waals surface area (Å²) in [6.45, 7) is 0.358. The van der Waals surface area contributed by atoms with Gasteiger partial charge in [-0.3, -0.25) is 9.78 Å². The van der Waals surface area contributed by atoms with Crippen molar-refractivity contribution >= 4 is 26.9 Å². The maximum absolute atomic E-state index is 13.1. The molecule has 0 saturated heterocycles. The highest BCUT2D eigenvalue weighted by atomic mass is 32.2. The molecule has 1 atom stereocenters. The summed E-state index contributed by atoms with van der Waals surface area (Å²) in [7, 11) is -3.76. The van der Waals surface area contributed by atoms with Crippen LogP contribution < -0.4 is 4.72 Å². The van der Waals surface area contributed by atoms with E-state index in [1.54, 1.807) is 12.4 Å². The van der Waals surface area contributed by atoms with Gasteiger partial charge < -0.3 is 9.67 Å². The van der Waals surface area contributed by atoms with E-state index in [-0.39, 0.29) is 17.4 Å². The second-order valence-electron chi connectivity index (χ2n) is 7.13. The van der Waals surface area contributed by atoms with E-state index in [1.165, 1.54) is 12.1 Å². The molecule has 9 heteroatoms. The summed E-state index contributed by atoms with van der Waals surface area (Å²) in [5.74, 6) is -1.36. The van der Waals surface area contributed by atoms with Crippen LogP contribution in [0.3, 0.4) is 0 Å². The van der Waals surface area contributed by atoms with Gasteiger partial charge in [0.2, 0.25) is 10.0 Å². The van der Waals surface area contributed by atoms with Crippen LogP contribution in [0.15, 0.2) is 47.6 Å². The number of aromatic nitrogens is 2. The lowest BCUT2D eigenvalue weighted by Crippen LogP contribution is -2.39. The van der Waals surface area contributed by atoms with E-state index in [0.717, 1.165) is 34.3 Å². The van der Waals surface area contributed by atoms with E-state index in [1.807, 2.05) is 10.6 Å². The maximum Gasteiger partial charge on any atom is 0.305 e. The van der Waals surface area contributed by atoms with E-state index in [4.69, 9.17) is 5.11 Å². The molecular weight excluding hydrogens is 397 g/mol. The lowest BCUT2D eigenvalue weighted by atomic mass is 9.92. The van der Waals surface area contributed by atoms with Crippen LogP contribution in [-0.2, 0) is 34.2 Å². The third kappa shape index (κ3) is 3.88. The van der Waals surface area contributed by atoms with Crippen molar-refractivity contribution in [2.24, 2.45) is 0 Å². The van der Waals surface area contributed by atoms with Gasteiger partial charge in [0, 0.05) is 36.1 Å². The summed E-state index contributed by atoms with van der Waals surface area (Å²) in [6.07, 6.45) is 5.11. The fourth-order valence-electron chi connectivity index (χ4n) is 3.96. The molecule has 1 aromatic carbocycles. The summed E-state index contributed by atoms with van der Waals surface area (Å²) in [4.78, 5) is 15.2. The minimum atomic E-state index is -3.76. The number of hydrogen-bond donors (Lipinski definition) is 2. The molecule has 0 saturated carbocycles. The molecule has 0 radical (unpaired) electrons. The molecule has 0 bridgehead atoms. The molecule has 1 aliphatic carbocycles. The minimum absolute atomic E-state index is 0.0131. The van der Waals surface area contributed by atoms with Gasteiger partial charge in [-0.15, -0.1) is 0 Å². The number of hydrogen-bond acceptors (Lipinski definition) is 4. The van der Waals surface area contributed by atoms with Gasteiger partial charge in [0.15, 0.2) is 0 Å². The smallest absolute Gasteiger partial charge is 0.305 e. The molecule has 0 aliphatic heterocycles. The predicted molar refractivity (Wildman–Crippen MR) is 105 cm³/mol. The van der Waals surface area contributed by atoms with E-state index in [2.05, 4.69) is 9.71 Å². The van der Waals surface area contributed by atoms with E-state index in [0.29, 0.717) is 25.8 Å². The van der Waals surface area contributed by atoms with Crippen LogP contribution in [0.5, 0.6) is 0 Å². The Balaban J connectivity index is 1.62. The summed E-state index contributed by atoms with van der Waals surface area (Å²) in [6, 6.07) is 6.27. The second-order valence-corrected chi connectivity index (χ2v) is 8.84. The Morgan fingerprint density at radius 2 is 2.03 bits per heavy atom. The van der Waals surface area contributed by atoms with Crippen LogP contribution in [0.25, 0.3) is 10.9 Å². The number of nitrogens with one attached hydrogen (secondary N) is 1. The van der Waals surface area contributed by atoms with Crippen molar-refractivity contribution in [3.63, 3.8) is 0 Å². The Morgan fingerprint density at radius 1 is 1.28 bits per heavy atom. The lowest BCUT2D eigenvalue weighted by Gasteiger charge is -2.25. The zero-order valence-electron chi connectivity index (χ0n) is 15.5. The monoisotopic (exact) mass is 417 g/mol. The maximum atomic E-state index is 13.1. The van der Waals surface area contributed by atoms with Crippen LogP contribution in [-0.4, -0.2) is 35.1 Å². The van der Waals surface area contributed by atoms with Crippen LogP contribution in [0.1, 0.15) is 24.1 Å². The number of sulfonamides is 1. The number of fused-ring (bicyclic) bond motifs is 3.